The fourth-order valence-electron chi connectivity index (χ4n) is 1.41. The van der Waals surface area contributed by atoms with E-state index in [1.807, 2.05) is 6.92 Å². The lowest BCUT2D eigenvalue weighted by molar-refractivity contribution is 0.0911. The Hall–Kier alpha value is -1.75. The summed E-state index contributed by atoms with van der Waals surface area (Å²) < 4.78 is 4.91. The van der Waals surface area contributed by atoms with Gasteiger partial charge in [-0.2, -0.15) is 0 Å². The Balaban J connectivity index is 2.89. The van der Waals surface area contributed by atoms with Gasteiger partial charge in [0.15, 0.2) is 11.5 Å². The Bertz CT molecular complexity index is 388. The van der Waals surface area contributed by atoms with E-state index in [2.05, 4.69) is 5.32 Å². The number of phenolic OH excluding ortho intramolecular Hbond substituents is 1. The monoisotopic (exact) mass is 239 g/mol. The zero-order chi connectivity index (χ0) is 12.8. The number of benzene rings is 1. The maximum atomic E-state index is 11.8. The number of hydrogen-bond donors (Lipinski definition) is 3. The van der Waals surface area contributed by atoms with Gasteiger partial charge in [-0.05, 0) is 18.6 Å². The second kappa shape index (κ2) is 6.10. The number of nitrogens with one attached hydrogen (secondary N) is 1. The highest BCUT2D eigenvalue weighted by Gasteiger charge is 2.17. The molecule has 1 amide bonds. The number of aliphatic hydroxyl groups is 1. The van der Waals surface area contributed by atoms with Crippen LogP contribution < -0.4 is 10.1 Å². The highest BCUT2D eigenvalue weighted by Crippen LogP contribution is 2.29. The number of amides is 1. The minimum atomic E-state index is -0.428. The Morgan fingerprint density at radius 3 is 2.76 bits per heavy atom. The van der Waals surface area contributed by atoms with Crippen molar-refractivity contribution in [3.05, 3.63) is 23.8 Å². The molecule has 0 saturated carbocycles. The van der Waals surface area contributed by atoms with Crippen LogP contribution in [0.25, 0.3) is 0 Å². The van der Waals surface area contributed by atoms with E-state index in [0.29, 0.717) is 6.42 Å². The fraction of sp³-hybridized carbons (Fsp3) is 0.417. The summed E-state index contributed by atoms with van der Waals surface area (Å²) in [6, 6.07) is 4.37. The molecule has 0 aliphatic carbocycles. The summed E-state index contributed by atoms with van der Waals surface area (Å²) in [6.45, 7) is 1.72. The van der Waals surface area contributed by atoms with Gasteiger partial charge in [0.25, 0.3) is 5.91 Å². The van der Waals surface area contributed by atoms with Gasteiger partial charge in [0.2, 0.25) is 0 Å². The third kappa shape index (κ3) is 3.10. The highest BCUT2D eigenvalue weighted by molar-refractivity contribution is 5.97. The predicted octanol–water partition coefficient (Wildman–Crippen LogP) is 0.902. The molecule has 5 nitrogen and oxygen atoms in total. The highest BCUT2D eigenvalue weighted by atomic mass is 16.5. The van der Waals surface area contributed by atoms with Crippen LogP contribution >= 0.6 is 0 Å². The number of phenols is 1. The van der Waals surface area contributed by atoms with E-state index in [-0.39, 0.29) is 29.7 Å². The largest absolute Gasteiger partial charge is 0.504 e. The number of rotatable bonds is 5. The SMILES string of the molecule is CC[C@@H](CO)NC(=O)c1cccc(OC)c1O. The Labute approximate surface area is 100 Å². The summed E-state index contributed by atoms with van der Waals surface area (Å²) >= 11 is 0. The van der Waals surface area contributed by atoms with Crippen molar-refractivity contribution in [2.45, 2.75) is 19.4 Å². The van der Waals surface area contributed by atoms with Crippen LogP contribution in [0.4, 0.5) is 0 Å². The zero-order valence-electron chi connectivity index (χ0n) is 9.93. The van der Waals surface area contributed by atoms with Gasteiger partial charge in [-0.15, -0.1) is 0 Å². The first-order valence-corrected chi connectivity index (χ1v) is 5.41. The Morgan fingerprint density at radius 2 is 2.24 bits per heavy atom. The van der Waals surface area contributed by atoms with E-state index in [1.165, 1.54) is 13.2 Å². The van der Waals surface area contributed by atoms with Crippen LogP contribution in [0.1, 0.15) is 23.7 Å². The third-order valence-electron chi connectivity index (χ3n) is 2.51. The minimum absolute atomic E-state index is 0.132. The van der Waals surface area contributed by atoms with Gasteiger partial charge in [-0.3, -0.25) is 4.79 Å². The van der Waals surface area contributed by atoms with Gasteiger partial charge >= 0.3 is 0 Å². The molecule has 0 unspecified atom stereocenters. The quantitative estimate of drug-likeness (QED) is 0.713. The normalized spacial score (nSPS) is 11.9. The Kier molecular flexibility index (Phi) is 4.78. The van der Waals surface area contributed by atoms with E-state index >= 15 is 0 Å². The van der Waals surface area contributed by atoms with Crippen molar-refractivity contribution >= 4 is 5.91 Å². The molecular weight excluding hydrogens is 222 g/mol. The van der Waals surface area contributed by atoms with Gasteiger partial charge in [0.05, 0.1) is 25.3 Å². The fourth-order valence-corrected chi connectivity index (χ4v) is 1.41. The molecule has 3 N–H and O–H groups in total. The average Bonchev–Trinajstić information content (AvgIpc) is 2.35. The maximum Gasteiger partial charge on any atom is 0.255 e. The molecule has 0 bridgehead atoms. The summed E-state index contributed by atoms with van der Waals surface area (Å²) in [6.07, 6.45) is 0.618. The van der Waals surface area contributed by atoms with Crippen LogP contribution in [-0.2, 0) is 0 Å². The first-order valence-electron chi connectivity index (χ1n) is 5.41. The molecule has 0 saturated heterocycles. The molecule has 0 aliphatic heterocycles. The number of carbonyl (C=O) groups excluding carboxylic acids is 1. The van der Waals surface area contributed by atoms with Gasteiger partial charge in [-0.1, -0.05) is 13.0 Å². The van der Waals surface area contributed by atoms with E-state index < -0.39 is 5.91 Å². The van der Waals surface area contributed by atoms with Crippen LogP contribution in [-0.4, -0.2) is 35.9 Å². The van der Waals surface area contributed by atoms with Gasteiger partial charge in [0, 0.05) is 0 Å². The van der Waals surface area contributed by atoms with Crippen LogP contribution in [0.2, 0.25) is 0 Å². The minimum Gasteiger partial charge on any atom is -0.504 e. The summed E-state index contributed by atoms with van der Waals surface area (Å²) in [5.74, 6) is -0.378. The first-order chi connectivity index (χ1) is 8.13. The maximum absolute atomic E-state index is 11.8. The molecule has 0 aromatic heterocycles. The number of carbonyl (C=O) groups is 1. The molecule has 0 heterocycles. The van der Waals surface area contributed by atoms with E-state index in [1.54, 1.807) is 12.1 Å². The Morgan fingerprint density at radius 1 is 1.53 bits per heavy atom. The van der Waals surface area contributed by atoms with Crippen molar-refractivity contribution < 1.29 is 19.7 Å². The average molecular weight is 239 g/mol. The predicted molar refractivity (Wildman–Crippen MR) is 63.3 cm³/mol. The standard InChI is InChI=1S/C12H17NO4/c1-3-8(7-14)13-12(16)9-5-4-6-10(17-2)11(9)15/h4-6,8,14-15H,3,7H2,1-2H3,(H,13,16)/t8-/m0/s1. The van der Waals surface area contributed by atoms with Crippen LogP contribution in [0.3, 0.4) is 0 Å². The number of aliphatic hydroxyl groups excluding tert-OH is 1. The summed E-state index contributed by atoms with van der Waals surface area (Å²) in [5.41, 5.74) is 0.135. The molecule has 1 rings (SSSR count). The second-order valence-corrected chi connectivity index (χ2v) is 3.62. The molecule has 5 heteroatoms. The van der Waals surface area contributed by atoms with E-state index in [4.69, 9.17) is 9.84 Å². The molecule has 0 spiro atoms. The summed E-state index contributed by atoms with van der Waals surface area (Å²) in [5, 5.41) is 21.4. The second-order valence-electron chi connectivity index (χ2n) is 3.62. The van der Waals surface area contributed by atoms with Crippen molar-refractivity contribution in [2.24, 2.45) is 0 Å². The molecule has 0 radical (unpaired) electrons. The molecule has 0 fully saturated rings. The number of aromatic hydroxyl groups is 1. The zero-order valence-corrected chi connectivity index (χ0v) is 9.93. The van der Waals surface area contributed by atoms with Crippen molar-refractivity contribution in [2.75, 3.05) is 13.7 Å². The van der Waals surface area contributed by atoms with Crippen molar-refractivity contribution in [3.8, 4) is 11.5 Å². The molecule has 94 valence electrons. The molecule has 17 heavy (non-hydrogen) atoms. The topological polar surface area (TPSA) is 78.8 Å². The lowest BCUT2D eigenvalue weighted by Gasteiger charge is -2.15. The van der Waals surface area contributed by atoms with Gasteiger partial charge < -0.3 is 20.3 Å². The van der Waals surface area contributed by atoms with Gasteiger partial charge in [0.1, 0.15) is 0 Å². The van der Waals surface area contributed by atoms with Crippen LogP contribution in [0, 0.1) is 0 Å². The first kappa shape index (κ1) is 13.3. The number of methoxy groups -OCH3 is 1. The number of ether oxygens (including phenoxy) is 1. The van der Waals surface area contributed by atoms with Crippen molar-refractivity contribution in [1.82, 2.24) is 5.32 Å². The number of para-hydroxylation sites is 1. The molecule has 1 aromatic carbocycles. The summed E-state index contributed by atoms with van der Waals surface area (Å²) in [7, 11) is 1.42. The number of hydrogen-bond acceptors (Lipinski definition) is 4. The molecule has 1 atom stereocenters. The molecular formula is C12H17NO4. The van der Waals surface area contributed by atoms with Crippen molar-refractivity contribution in [3.63, 3.8) is 0 Å². The van der Waals surface area contributed by atoms with E-state index in [0.717, 1.165) is 0 Å². The third-order valence-corrected chi connectivity index (χ3v) is 2.51. The smallest absolute Gasteiger partial charge is 0.255 e. The van der Waals surface area contributed by atoms with E-state index in [9.17, 15) is 9.90 Å². The lowest BCUT2D eigenvalue weighted by Crippen LogP contribution is -2.36. The van der Waals surface area contributed by atoms with Crippen LogP contribution in [0.15, 0.2) is 18.2 Å². The van der Waals surface area contributed by atoms with Gasteiger partial charge in [-0.25, -0.2) is 0 Å². The van der Waals surface area contributed by atoms with Crippen molar-refractivity contribution in [1.29, 1.82) is 0 Å². The molecule has 0 aliphatic rings. The van der Waals surface area contributed by atoms with Crippen LogP contribution in [0.5, 0.6) is 11.5 Å². The lowest BCUT2D eigenvalue weighted by atomic mass is 10.1. The molecule has 1 aromatic rings. The summed E-state index contributed by atoms with van der Waals surface area (Å²) in [4.78, 5) is 11.8.